The van der Waals surface area contributed by atoms with E-state index >= 15 is 0 Å². The molecule has 0 rings (SSSR count). The highest BCUT2D eigenvalue weighted by atomic mass is 33.1. The Balaban J connectivity index is 3.93. The van der Waals surface area contributed by atoms with Gasteiger partial charge in [-0.15, -0.1) is 0 Å². The molecule has 178 valence electrons. The van der Waals surface area contributed by atoms with Gasteiger partial charge in [-0.1, -0.05) is 84.0 Å². The molecule has 0 aromatic heterocycles. The highest BCUT2D eigenvalue weighted by molar-refractivity contribution is 8.76. The molecule has 0 amide bonds. The lowest BCUT2D eigenvalue weighted by atomic mass is 10.2. The van der Waals surface area contributed by atoms with Gasteiger partial charge in [0.2, 0.25) is 0 Å². The first-order valence-corrected chi connectivity index (χ1v) is 14.3. The Morgan fingerprint density at radius 1 is 0.839 bits per heavy atom. The quantitative estimate of drug-likeness (QED) is 0.0795. The first-order chi connectivity index (χ1) is 15.1. The number of allylic oxidation sites excluding steroid dienone is 8. The van der Waals surface area contributed by atoms with E-state index in [2.05, 4.69) is 67.4 Å². The van der Waals surface area contributed by atoms with E-state index in [9.17, 15) is 4.79 Å². The van der Waals surface area contributed by atoms with Crippen molar-refractivity contribution in [2.24, 2.45) is 0 Å². The molecule has 0 spiro atoms. The van der Waals surface area contributed by atoms with E-state index < -0.39 is 0 Å². The maximum atomic E-state index is 12.2. The van der Waals surface area contributed by atoms with Crippen LogP contribution < -0.4 is 0 Å². The molecule has 0 fully saturated rings. The summed E-state index contributed by atoms with van der Waals surface area (Å²) < 4.78 is 5.75. The summed E-state index contributed by atoms with van der Waals surface area (Å²) in [5.41, 5.74) is 0. The van der Waals surface area contributed by atoms with Gasteiger partial charge in [0.15, 0.2) is 0 Å². The molecular formula is C26H45NO2S2. The van der Waals surface area contributed by atoms with E-state index in [4.69, 9.17) is 4.74 Å². The standard InChI is InChI=1S/C26H45NO2S2/c1-5-7-9-11-13-15-17-19-21-26(28)29-25(23-27(3)4)24-31-30-22-20-18-16-14-12-10-8-6-2/h7-10,13-16,25H,5-6,11-12,17-24H2,1-4H3/b9-7-,10-8-,15-13-,16-14-. The van der Waals surface area contributed by atoms with Gasteiger partial charge in [0.25, 0.3) is 0 Å². The van der Waals surface area contributed by atoms with E-state index in [0.29, 0.717) is 6.42 Å². The highest BCUT2D eigenvalue weighted by Crippen LogP contribution is 2.24. The van der Waals surface area contributed by atoms with Crippen LogP contribution in [-0.4, -0.2) is 49.1 Å². The Kier molecular flexibility index (Phi) is 23.0. The summed E-state index contributed by atoms with van der Waals surface area (Å²) in [5, 5.41) is 0. The molecule has 3 nitrogen and oxygen atoms in total. The zero-order valence-electron chi connectivity index (χ0n) is 20.3. The summed E-state index contributed by atoms with van der Waals surface area (Å²) >= 11 is 0. The first kappa shape index (κ1) is 30.1. The monoisotopic (exact) mass is 467 g/mol. The lowest BCUT2D eigenvalue weighted by Crippen LogP contribution is -2.32. The van der Waals surface area contributed by atoms with Crippen LogP contribution in [0.25, 0.3) is 0 Å². The Hall–Kier alpha value is -0.910. The van der Waals surface area contributed by atoms with Crippen LogP contribution in [0.15, 0.2) is 48.6 Å². The van der Waals surface area contributed by atoms with Crippen molar-refractivity contribution in [2.45, 2.75) is 77.7 Å². The van der Waals surface area contributed by atoms with Gasteiger partial charge in [0, 0.05) is 24.5 Å². The third-order valence-corrected chi connectivity index (χ3v) is 6.77. The first-order valence-electron chi connectivity index (χ1n) is 11.8. The minimum atomic E-state index is -0.0704. The van der Waals surface area contributed by atoms with Crippen molar-refractivity contribution < 1.29 is 9.53 Å². The van der Waals surface area contributed by atoms with Crippen molar-refractivity contribution in [1.82, 2.24) is 4.90 Å². The fourth-order valence-corrected chi connectivity index (χ4v) is 4.97. The summed E-state index contributed by atoms with van der Waals surface area (Å²) in [7, 11) is 7.76. The second-order valence-corrected chi connectivity index (χ2v) is 10.3. The van der Waals surface area contributed by atoms with Crippen molar-refractivity contribution in [3.05, 3.63) is 48.6 Å². The van der Waals surface area contributed by atoms with E-state index in [1.807, 2.05) is 35.7 Å². The molecule has 0 saturated heterocycles. The number of unbranched alkanes of at least 4 members (excludes halogenated alkanes) is 2. The summed E-state index contributed by atoms with van der Waals surface area (Å²) in [6.07, 6.45) is 26.4. The van der Waals surface area contributed by atoms with Crippen molar-refractivity contribution >= 4 is 27.6 Å². The molecule has 0 radical (unpaired) electrons. The summed E-state index contributed by atoms with van der Waals surface area (Å²) in [6, 6.07) is 0. The summed E-state index contributed by atoms with van der Waals surface area (Å²) in [6.45, 7) is 5.07. The predicted octanol–water partition coefficient (Wildman–Crippen LogP) is 7.62. The highest BCUT2D eigenvalue weighted by Gasteiger charge is 2.15. The predicted molar refractivity (Wildman–Crippen MR) is 143 cm³/mol. The number of carbonyl (C=O) groups is 1. The van der Waals surface area contributed by atoms with Crippen molar-refractivity contribution in [1.29, 1.82) is 0 Å². The maximum absolute atomic E-state index is 12.2. The lowest BCUT2D eigenvalue weighted by molar-refractivity contribution is -0.148. The van der Waals surface area contributed by atoms with E-state index in [1.54, 1.807) is 0 Å². The third-order valence-electron chi connectivity index (χ3n) is 4.24. The number of ether oxygens (including phenoxy) is 1. The minimum Gasteiger partial charge on any atom is -0.460 e. The average molecular weight is 468 g/mol. The molecular weight excluding hydrogens is 422 g/mol. The Morgan fingerprint density at radius 3 is 2.00 bits per heavy atom. The fourth-order valence-electron chi connectivity index (χ4n) is 2.69. The molecule has 0 aromatic rings. The maximum Gasteiger partial charge on any atom is 0.306 e. The van der Waals surface area contributed by atoms with Gasteiger partial charge in [-0.05, 0) is 65.5 Å². The van der Waals surface area contributed by atoms with Crippen LogP contribution in [0.3, 0.4) is 0 Å². The Morgan fingerprint density at radius 2 is 1.42 bits per heavy atom. The Bertz CT molecular complexity index is 528. The van der Waals surface area contributed by atoms with Crippen molar-refractivity contribution in [3.8, 4) is 0 Å². The number of hydrogen-bond acceptors (Lipinski definition) is 5. The molecule has 31 heavy (non-hydrogen) atoms. The Labute approximate surface area is 200 Å². The van der Waals surface area contributed by atoms with Crippen LogP contribution in [0, 0.1) is 0 Å². The molecule has 0 aliphatic carbocycles. The SMILES string of the molecule is CC/C=C\C/C=C\CCCSSCC(CN(C)C)OC(=O)CCC/C=C\C/C=C\CC. The number of rotatable bonds is 20. The topological polar surface area (TPSA) is 29.5 Å². The van der Waals surface area contributed by atoms with Crippen LogP contribution in [-0.2, 0) is 9.53 Å². The van der Waals surface area contributed by atoms with Gasteiger partial charge < -0.3 is 9.64 Å². The molecule has 0 saturated carbocycles. The third kappa shape index (κ3) is 23.6. The molecule has 1 atom stereocenters. The second-order valence-electron chi connectivity index (χ2n) is 7.69. The van der Waals surface area contributed by atoms with Crippen molar-refractivity contribution in [2.75, 3.05) is 32.1 Å². The smallest absolute Gasteiger partial charge is 0.306 e. The van der Waals surface area contributed by atoms with Gasteiger partial charge in [0.05, 0.1) is 0 Å². The van der Waals surface area contributed by atoms with Crippen LogP contribution in [0.4, 0.5) is 0 Å². The molecule has 0 heterocycles. The largest absolute Gasteiger partial charge is 0.460 e. The zero-order chi connectivity index (χ0) is 23.0. The molecule has 5 heteroatoms. The molecule has 0 bridgehead atoms. The molecule has 0 aromatic carbocycles. The molecule has 0 N–H and O–H groups in total. The van der Waals surface area contributed by atoms with E-state index in [0.717, 1.165) is 63.0 Å². The molecule has 1 unspecified atom stereocenters. The summed E-state index contributed by atoms with van der Waals surface area (Å²) in [4.78, 5) is 14.3. The van der Waals surface area contributed by atoms with Gasteiger partial charge >= 0.3 is 5.97 Å². The van der Waals surface area contributed by atoms with Crippen LogP contribution in [0.1, 0.15) is 71.6 Å². The van der Waals surface area contributed by atoms with Gasteiger partial charge in [-0.2, -0.15) is 0 Å². The fraction of sp³-hybridized carbons (Fsp3) is 0.654. The number of hydrogen-bond donors (Lipinski definition) is 0. The van der Waals surface area contributed by atoms with Gasteiger partial charge in [0.1, 0.15) is 6.10 Å². The van der Waals surface area contributed by atoms with Crippen LogP contribution in [0.2, 0.25) is 0 Å². The average Bonchev–Trinajstić information content (AvgIpc) is 2.73. The second kappa shape index (κ2) is 23.7. The minimum absolute atomic E-state index is 0.0417. The molecule has 0 aliphatic rings. The number of likely N-dealkylation sites (N-methyl/N-ethyl adjacent to an activating group) is 1. The van der Waals surface area contributed by atoms with Gasteiger partial charge in [-0.3, -0.25) is 4.79 Å². The van der Waals surface area contributed by atoms with Gasteiger partial charge in [-0.25, -0.2) is 0 Å². The van der Waals surface area contributed by atoms with Crippen LogP contribution >= 0.6 is 21.6 Å². The van der Waals surface area contributed by atoms with E-state index in [1.165, 1.54) is 6.42 Å². The molecule has 0 aliphatic heterocycles. The zero-order valence-corrected chi connectivity index (χ0v) is 21.9. The van der Waals surface area contributed by atoms with Crippen LogP contribution in [0.5, 0.6) is 0 Å². The van der Waals surface area contributed by atoms with Crippen molar-refractivity contribution in [3.63, 3.8) is 0 Å². The number of esters is 1. The number of nitrogens with zero attached hydrogens (tertiary/aromatic N) is 1. The lowest BCUT2D eigenvalue weighted by Gasteiger charge is -2.21. The number of carbonyl (C=O) groups excluding carboxylic acids is 1. The summed E-state index contributed by atoms with van der Waals surface area (Å²) in [5.74, 6) is 1.90. The van der Waals surface area contributed by atoms with E-state index in [-0.39, 0.29) is 12.1 Å². The normalized spacial score (nSPS) is 13.5.